The van der Waals surface area contributed by atoms with E-state index in [-0.39, 0.29) is 5.82 Å². The van der Waals surface area contributed by atoms with Crippen LogP contribution in [0.1, 0.15) is 19.4 Å². The zero-order valence-electron chi connectivity index (χ0n) is 14.1. The smallest absolute Gasteiger partial charge is 0.171 e. The van der Waals surface area contributed by atoms with Crippen molar-refractivity contribution in [1.82, 2.24) is 5.32 Å². The van der Waals surface area contributed by atoms with Crippen LogP contribution >= 0.6 is 28.1 Å². The maximum absolute atomic E-state index is 13.8. The van der Waals surface area contributed by atoms with Gasteiger partial charge in [0.2, 0.25) is 0 Å². The number of halogens is 2. The lowest BCUT2D eigenvalue weighted by Crippen LogP contribution is -2.28. The molecule has 2 aromatic carbocycles. The highest BCUT2D eigenvalue weighted by Gasteiger charge is 2.08. The molecule has 2 N–H and O–H groups in total. The SMILES string of the molecule is CCOc1ccc(CNC(=S)Nc2ccc(Br)cc2F)cc1OCC. The molecule has 0 aromatic heterocycles. The van der Waals surface area contributed by atoms with E-state index in [0.29, 0.717) is 46.5 Å². The van der Waals surface area contributed by atoms with E-state index >= 15 is 0 Å². The van der Waals surface area contributed by atoms with Crippen LogP contribution in [0.4, 0.5) is 10.1 Å². The Morgan fingerprint density at radius 2 is 1.80 bits per heavy atom. The van der Waals surface area contributed by atoms with Crippen molar-refractivity contribution in [2.45, 2.75) is 20.4 Å². The Balaban J connectivity index is 1.97. The number of rotatable bonds is 7. The second-order valence-corrected chi connectivity index (χ2v) is 6.40. The van der Waals surface area contributed by atoms with Crippen LogP contribution in [0, 0.1) is 5.82 Å². The highest BCUT2D eigenvalue weighted by molar-refractivity contribution is 9.10. The normalized spacial score (nSPS) is 10.2. The van der Waals surface area contributed by atoms with Crippen LogP contribution in [0.3, 0.4) is 0 Å². The van der Waals surface area contributed by atoms with E-state index in [1.807, 2.05) is 32.0 Å². The van der Waals surface area contributed by atoms with Crippen molar-refractivity contribution in [2.24, 2.45) is 0 Å². The summed E-state index contributed by atoms with van der Waals surface area (Å²) < 4.78 is 25.6. The first-order chi connectivity index (χ1) is 12.0. The second-order valence-electron chi connectivity index (χ2n) is 5.08. The molecule has 7 heteroatoms. The van der Waals surface area contributed by atoms with Gasteiger partial charge in [-0.05, 0) is 62.0 Å². The molecule has 0 saturated carbocycles. The Bertz CT molecular complexity index is 743. The van der Waals surface area contributed by atoms with E-state index in [1.165, 1.54) is 6.07 Å². The van der Waals surface area contributed by atoms with Crippen molar-refractivity contribution < 1.29 is 13.9 Å². The Hall–Kier alpha value is -1.86. The van der Waals surface area contributed by atoms with Gasteiger partial charge in [-0.2, -0.15) is 0 Å². The van der Waals surface area contributed by atoms with E-state index < -0.39 is 0 Å². The third-order valence-electron chi connectivity index (χ3n) is 3.24. The lowest BCUT2D eigenvalue weighted by Gasteiger charge is -2.14. The van der Waals surface area contributed by atoms with Gasteiger partial charge >= 0.3 is 0 Å². The summed E-state index contributed by atoms with van der Waals surface area (Å²) in [5.41, 5.74) is 1.30. The van der Waals surface area contributed by atoms with Crippen LogP contribution in [-0.2, 0) is 6.54 Å². The first kappa shape index (κ1) is 19.5. The molecular weight excluding hydrogens is 407 g/mol. The number of nitrogens with one attached hydrogen (secondary N) is 2. The summed E-state index contributed by atoms with van der Waals surface area (Å²) in [7, 11) is 0. The number of thiocarbonyl (C=S) groups is 1. The minimum Gasteiger partial charge on any atom is -0.490 e. The van der Waals surface area contributed by atoms with Crippen molar-refractivity contribution in [3.05, 3.63) is 52.3 Å². The zero-order valence-corrected chi connectivity index (χ0v) is 16.5. The molecule has 0 unspecified atom stereocenters. The van der Waals surface area contributed by atoms with E-state index in [9.17, 15) is 4.39 Å². The average molecular weight is 427 g/mol. The number of ether oxygens (including phenoxy) is 2. The molecule has 2 rings (SSSR count). The minimum atomic E-state index is -0.377. The molecule has 0 bridgehead atoms. The zero-order chi connectivity index (χ0) is 18.2. The van der Waals surface area contributed by atoms with Crippen LogP contribution < -0.4 is 20.1 Å². The van der Waals surface area contributed by atoms with Gasteiger partial charge in [0.1, 0.15) is 5.82 Å². The van der Waals surface area contributed by atoms with Gasteiger partial charge in [0.05, 0.1) is 18.9 Å². The van der Waals surface area contributed by atoms with Crippen LogP contribution in [0.2, 0.25) is 0 Å². The van der Waals surface area contributed by atoms with Gasteiger partial charge < -0.3 is 20.1 Å². The van der Waals surface area contributed by atoms with Gasteiger partial charge in [0.25, 0.3) is 0 Å². The maximum atomic E-state index is 13.8. The van der Waals surface area contributed by atoms with E-state index in [0.717, 1.165) is 5.56 Å². The van der Waals surface area contributed by atoms with Gasteiger partial charge in [-0.25, -0.2) is 4.39 Å². The van der Waals surface area contributed by atoms with Crippen LogP contribution in [0.5, 0.6) is 11.5 Å². The fraction of sp³-hybridized carbons (Fsp3) is 0.278. The summed E-state index contributed by atoms with van der Waals surface area (Å²) in [6.07, 6.45) is 0. The van der Waals surface area contributed by atoms with E-state index in [4.69, 9.17) is 21.7 Å². The predicted molar refractivity (Wildman–Crippen MR) is 106 cm³/mol. The van der Waals surface area contributed by atoms with Gasteiger partial charge in [0, 0.05) is 11.0 Å². The summed E-state index contributed by atoms with van der Waals surface area (Å²) in [6, 6.07) is 10.5. The van der Waals surface area contributed by atoms with Crippen molar-refractivity contribution in [3.8, 4) is 11.5 Å². The third-order valence-corrected chi connectivity index (χ3v) is 3.98. The standard InChI is InChI=1S/C18H20BrFN2O2S/c1-3-23-16-8-5-12(9-17(16)24-4-2)11-21-18(25)22-15-7-6-13(19)10-14(15)20/h5-10H,3-4,11H2,1-2H3,(H2,21,22,25). The molecule has 0 spiro atoms. The Morgan fingerprint density at radius 3 is 2.48 bits per heavy atom. The van der Waals surface area contributed by atoms with Crippen LogP contribution in [0.25, 0.3) is 0 Å². The minimum absolute atomic E-state index is 0.322. The molecule has 134 valence electrons. The largest absolute Gasteiger partial charge is 0.490 e. The molecule has 0 radical (unpaired) electrons. The van der Waals surface area contributed by atoms with Crippen LogP contribution in [-0.4, -0.2) is 18.3 Å². The molecule has 25 heavy (non-hydrogen) atoms. The van der Waals surface area contributed by atoms with E-state index in [1.54, 1.807) is 12.1 Å². The molecule has 0 heterocycles. The molecule has 0 fully saturated rings. The number of benzene rings is 2. The van der Waals surface area contributed by atoms with Crippen molar-refractivity contribution in [3.63, 3.8) is 0 Å². The number of anilines is 1. The molecule has 0 aliphatic heterocycles. The first-order valence-electron chi connectivity index (χ1n) is 7.92. The molecule has 0 amide bonds. The Kier molecular flexibility index (Phi) is 7.46. The number of hydrogen-bond donors (Lipinski definition) is 2. The third kappa shape index (κ3) is 5.86. The Labute approximate surface area is 160 Å². The quantitative estimate of drug-likeness (QED) is 0.617. The molecule has 2 aromatic rings. The second kappa shape index (κ2) is 9.58. The monoisotopic (exact) mass is 426 g/mol. The van der Waals surface area contributed by atoms with E-state index in [2.05, 4.69) is 26.6 Å². The molecule has 0 aliphatic carbocycles. The van der Waals surface area contributed by atoms with Gasteiger partial charge in [-0.3, -0.25) is 0 Å². The first-order valence-corrected chi connectivity index (χ1v) is 9.12. The van der Waals surface area contributed by atoms with Gasteiger partial charge in [0.15, 0.2) is 16.6 Å². The molecule has 0 atom stereocenters. The summed E-state index contributed by atoms with van der Waals surface area (Å²) in [6.45, 7) is 5.46. The topological polar surface area (TPSA) is 42.5 Å². The van der Waals surface area contributed by atoms with Crippen LogP contribution in [0.15, 0.2) is 40.9 Å². The molecular formula is C18H20BrFN2O2S. The fourth-order valence-electron chi connectivity index (χ4n) is 2.15. The van der Waals surface area contributed by atoms with Crippen molar-refractivity contribution in [1.29, 1.82) is 0 Å². The summed E-state index contributed by atoms with van der Waals surface area (Å²) in [5, 5.41) is 6.24. The van der Waals surface area contributed by atoms with Gasteiger partial charge in [-0.1, -0.05) is 22.0 Å². The predicted octanol–water partition coefficient (Wildman–Crippen LogP) is 4.87. The van der Waals surface area contributed by atoms with Gasteiger partial charge in [-0.15, -0.1) is 0 Å². The number of hydrogen-bond acceptors (Lipinski definition) is 3. The summed E-state index contributed by atoms with van der Waals surface area (Å²) in [5.74, 6) is 1.03. The Morgan fingerprint density at radius 1 is 1.08 bits per heavy atom. The highest BCUT2D eigenvalue weighted by atomic mass is 79.9. The van der Waals surface area contributed by atoms with Crippen molar-refractivity contribution >= 4 is 38.9 Å². The maximum Gasteiger partial charge on any atom is 0.171 e. The summed E-state index contributed by atoms with van der Waals surface area (Å²) >= 11 is 8.44. The summed E-state index contributed by atoms with van der Waals surface area (Å²) in [4.78, 5) is 0. The lowest BCUT2D eigenvalue weighted by molar-refractivity contribution is 0.287. The molecule has 0 saturated heterocycles. The molecule has 0 aliphatic rings. The average Bonchev–Trinajstić information content (AvgIpc) is 2.58. The fourth-order valence-corrected chi connectivity index (χ4v) is 2.66. The molecule has 4 nitrogen and oxygen atoms in total. The van der Waals surface area contributed by atoms with Crippen molar-refractivity contribution in [2.75, 3.05) is 18.5 Å². The highest BCUT2D eigenvalue weighted by Crippen LogP contribution is 2.28. The lowest BCUT2D eigenvalue weighted by atomic mass is 10.2.